The Balaban J connectivity index is 2.78. The van der Waals surface area contributed by atoms with Gasteiger partial charge in [0.1, 0.15) is 12.3 Å². The van der Waals surface area contributed by atoms with Crippen LogP contribution in [-0.2, 0) is 11.4 Å². The molecule has 0 radical (unpaired) electrons. The summed E-state index contributed by atoms with van der Waals surface area (Å²) < 4.78 is 1.02. The van der Waals surface area contributed by atoms with Crippen LogP contribution in [-0.4, -0.2) is 31.8 Å². The van der Waals surface area contributed by atoms with E-state index in [-0.39, 0.29) is 11.3 Å². The molecule has 0 saturated carbocycles. The van der Waals surface area contributed by atoms with Crippen LogP contribution >= 0.6 is 0 Å². The summed E-state index contributed by atoms with van der Waals surface area (Å²) in [4.78, 5) is 63.5. The van der Waals surface area contributed by atoms with Crippen LogP contribution in [0.25, 0.3) is 0 Å². The van der Waals surface area contributed by atoms with Gasteiger partial charge in [0, 0.05) is 19.4 Å². The van der Waals surface area contributed by atoms with Gasteiger partial charge < -0.3 is 4.84 Å². The van der Waals surface area contributed by atoms with Gasteiger partial charge in [0.05, 0.1) is 5.69 Å². The SMILES string of the molecule is CC(=O)n1c(CO[N+](=O)[O-])c(C(=O)c2ccccc2)n(C(C)=O)c1=O. The van der Waals surface area contributed by atoms with Crippen molar-refractivity contribution in [1.82, 2.24) is 9.13 Å². The molecule has 130 valence electrons. The molecule has 2 aromatic rings. The Kier molecular flexibility index (Phi) is 4.92. The minimum Gasteiger partial charge on any atom is -0.307 e. The number of nitrogens with zero attached hydrogens (tertiary/aromatic N) is 3. The predicted molar refractivity (Wildman–Crippen MR) is 83.0 cm³/mol. The summed E-state index contributed by atoms with van der Waals surface area (Å²) >= 11 is 0. The molecule has 0 atom stereocenters. The average Bonchev–Trinajstić information content (AvgIpc) is 2.85. The van der Waals surface area contributed by atoms with E-state index in [4.69, 9.17) is 0 Å². The summed E-state index contributed by atoms with van der Waals surface area (Å²) in [5.74, 6) is -2.37. The van der Waals surface area contributed by atoms with Crippen molar-refractivity contribution >= 4 is 17.6 Å². The Labute approximate surface area is 140 Å². The summed E-state index contributed by atoms with van der Waals surface area (Å²) in [5, 5.41) is 9.35. The predicted octanol–water partition coefficient (Wildman–Crippen LogP) is 0.909. The number of rotatable bonds is 5. The summed E-state index contributed by atoms with van der Waals surface area (Å²) in [7, 11) is 0. The molecule has 1 heterocycles. The van der Waals surface area contributed by atoms with E-state index in [2.05, 4.69) is 4.84 Å². The first-order valence-electron chi connectivity index (χ1n) is 7.01. The van der Waals surface area contributed by atoms with Gasteiger partial charge >= 0.3 is 5.69 Å². The number of carbonyl (C=O) groups is 3. The second-order valence-corrected chi connectivity index (χ2v) is 4.98. The Morgan fingerprint density at radius 3 is 2.12 bits per heavy atom. The Morgan fingerprint density at radius 1 is 1.08 bits per heavy atom. The Morgan fingerprint density at radius 2 is 1.64 bits per heavy atom. The number of hydrogen-bond donors (Lipinski definition) is 0. The van der Waals surface area contributed by atoms with E-state index < -0.39 is 40.7 Å². The number of benzene rings is 1. The maximum absolute atomic E-state index is 12.8. The molecule has 25 heavy (non-hydrogen) atoms. The van der Waals surface area contributed by atoms with Crippen LogP contribution < -0.4 is 5.69 Å². The van der Waals surface area contributed by atoms with E-state index in [9.17, 15) is 29.3 Å². The molecule has 0 amide bonds. The highest BCUT2D eigenvalue weighted by molar-refractivity contribution is 6.10. The van der Waals surface area contributed by atoms with Crippen LogP contribution in [0, 0.1) is 10.1 Å². The molecule has 0 aliphatic heterocycles. The maximum Gasteiger partial charge on any atom is 0.342 e. The number of carbonyl (C=O) groups excluding carboxylic acids is 3. The largest absolute Gasteiger partial charge is 0.342 e. The first-order chi connectivity index (χ1) is 11.8. The third kappa shape index (κ3) is 3.37. The van der Waals surface area contributed by atoms with Gasteiger partial charge in [0.25, 0.3) is 5.09 Å². The van der Waals surface area contributed by atoms with E-state index in [0.717, 1.165) is 13.8 Å². The number of ketones is 1. The normalized spacial score (nSPS) is 10.3. The van der Waals surface area contributed by atoms with Gasteiger partial charge in [-0.25, -0.2) is 13.9 Å². The van der Waals surface area contributed by atoms with Crippen molar-refractivity contribution in [3.8, 4) is 0 Å². The monoisotopic (exact) mass is 347 g/mol. The molecule has 1 aromatic heterocycles. The summed E-state index contributed by atoms with van der Waals surface area (Å²) in [5.41, 5.74) is -1.75. The van der Waals surface area contributed by atoms with Crippen LogP contribution in [0.15, 0.2) is 35.1 Å². The van der Waals surface area contributed by atoms with Crippen molar-refractivity contribution in [2.24, 2.45) is 0 Å². The van der Waals surface area contributed by atoms with Gasteiger partial charge in [-0.1, -0.05) is 30.3 Å². The van der Waals surface area contributed by atoms with Crippen LogP contribution in [0.4, 0.5) is 0 Å². The molecule has 0 aliphatic rings. The molecule has 1 aromatic carbocycles. The zero-order valence-corrected chi connectivity index (χ0v) is 13.3. The summed E-state index contributed by atoms with van der Waals surface area (Å²) in [6, 6.07) is 7.69. The van der Waals surface area contributed by atoms with E-state index in [1.807, 2.05) is 0 Å². The van der Waals surface area contributed by atoms with Crippen molar-refractivity contribution in [3.05, 3.63) is 67.9 Å². The van der Waals surface area contributed by atoms with Crippen LogP contribution in [0.3, 0.4) is 0 Å². The third-order valence-corrected chi connectivity index (χ3v) is 3.34. The van der Waals surface area contributed by atoms with Crippen molar-refractivity contribution in [2.45, 2.75) is 20.5 Å². The van der Waals surface area contributed by atoms with Gasteiger partial charge in [-0.3, -0.25) is 14.4 Å². The Bertz CT molecular complexity index is 925. The fraction of sp³-hybridized carbons (Fsp3) is 0.200. The lowest BCUT2D eigenvalue weighted by molar-refractivity contribution is -0.763. The molecular weight excluding hydrogens is 334 g/mol. The third-order valence-electron chi connectivity index (χ3n) is 3.34. The first kappa shape index (κ1) is 17.8. The van der Waals surface area contributed by atoms with E-state index in [0.29, 0.717) is 9.13 Å². The first-order valence-corrected chi connectivity index (χ1v) is 7.01. The molecule has 0 unspecified atom stereocenters. The van der Waals surface area contributed by atoms with Gasteiger partial charge in [-0.05, 0) is 0 Å². The molecule has 2 rings (SSSR count). The second-order valence-electron chi connectivity index (χ2n) is 4.98. The maximum atomic E-state index is 12.8. The lowest BCUT2D eigenvalue weighted by Gasteiger charge is -2.07. The minimum absolute atomic E-state index is 0.139. The Hall–Kier alpha value is -3.56. The van der Waals surface area contributed by atoms with Crippen molar-refractivity contribution in [1.29, 1.82) is 0 Å². The van der Waals surface area contributed by atoms with Crippen molar-refractivity contribution in [3.63, 3.8) is 0 Å². The summed E-state index contributed by atoms with van der Waals surface area (Å²) in [6.07, 6.45) is 0. The van der Waals surface area contributed by atoms with Crippen LogP contribution in [0.1, 0.15) is 45.2 Å². The smallest absolute Gasteiger partial charge is 0.307 e. The molecule has 10 heteroatoms. The molecular formula is C15H13N3O7. The zero-order valence-electron chi connectivity index (χ0n) is 13.3. The average molecular weight is 347 g/mol. The van der Waals surface area contributed by atoms with E-state index in [1.54, 1.807) is 18.2 Å². The van der Waals surface area contributed by atoms with Gasteiger partial charge in [0.2, 0.25) is 17.6 Å². The van der Waals surface area contributed by atoms with Crippen LogP contribution in [0.2, 0.25) is 0 Å². The van der Waals surface area contributed by atoms with Crippen molar-refractivity contribution < 1.29 is 24.3 Å². The minimum atomic E-state index is -1.13. The standard InChI is InChI=1S/C15H13N3O7/c1-9(19)16-12(8-25-18(23)24)13(17(10(2)20)15(16)22)14(21)11-6-4-3-5-7-11/h3-7H,8H2,1-2H3. The molecule has 10 nitrogen and oxygen atoms in total. The zero-order chi connectivity index (χ0) is 18.7. The van der Waals surface area contributed by atoms with Gasteiger partial charge in [-0.2, -0.15) is 0 Å². The quantitative estimate of drug-likeness (QED) is 0.446. The topological polar surface area (TPSA) is 131 Å². The molecule has 0 fully saturated rings. The highest BCUT2D eigenvalue weighted by Gasteiger charge is 2.30. The van der Waals surface area contributed by atoms with Gasteiger partial charge in [0.15, 0.2) is 0 Å². The van der Waals surface area contributed by atoms with E-state index >= 15 is 0 Å². The number of hydrogen-bond acceptors (Lipinski definition) is 7. The number of aromatic nitrogens is 2. The van der Waals surface area contributed by atoms with E-state index in [1.165, 1.54) is 12.1 Å². The number of imidazole rings is 1. The molecule has 0 N–H and O–H groups in total. The fourth-order valence-electron chi connectivity index (χ4n) is 2.37. The molecule has 0 aliphatic carbocycles. The lowest BCUT2D eigenvalue weighted by Crippen LogP contribution is -2.31. The lowest BCUT2D eigenvalue weighted by atomic mass is 10.1. The molecule has 0 bridgehead atoms. The fourth-order valence-corrected chi connectivity index (χ4v) is 2.37. The summed E-state index contributed by atoms with van der Waals surface area (Å²) in [6.45, 7) is 1.22. The molecule has 0 spiro atoms. The highest BCUT2D eigenvalue weighted by atomic mass is 16.9. The van der Waals surface area contributed by atoms with Gasteiger partial charge in [-0.15, -0.1) is 10.1 Å². The highest BCUT2D eigenvalue weighted by Crippen LogP contribution is 2.16. The van der Waals surface area contributed by atoms with Crippen molar-refractivity contribution in [2.75, 3.05) is 0 Å². The van der Waals surface area contributed by atoms with Crippen LogP contribution in [0.5, 0.6) is 0 Å². The molecule has 0 saturated heterocycles. The second kappa shape index (κ2) is 6.91.